The maximum absolute atomic E-state index is 13.1. The standard InChI is InChI=1S/C12H13FN2O2/c1-7(2)15-10-5-4-8(13)6-9(10)14-11(15)12(16)17-3/h4-7H,1-3H3. The van der Waals surface area contributed by atoms with E-state index in [0.717, 1.165) is 5.52 Å². The Labute approximate surface area is 98.0 Å². The van der Waals surface area contributed by atoms with Crippen molar-refractivity contribution in [2.24, 2.45) is 0 Å². The molecule has 0 fully saturated rings. The largest absolute Gasteiger partial charge is 0.463 e. The van der Waals surface area contributed by atoms with Gasteiger partial charge in [0, 0.05) is 12.1 Å². The highest BCUT2D eigenvalue weighted by atomic mass is 19.1. The van der Waals surface area contributed by atoms with E-state index in [2.05, 4.69) is 9.72 Å². The summed E-state index contributed by atoms with van der Waals surface area (Å²) in [6.45, 7) is 3.85. The molecule has 0 spiro atoms. The predicted octanol–water partition coefficient (Wildman–Crippen LogP) is 2.54. The first-order valence-electron chi connectivity index (χ1n) is 5.30. The SMILES string of the molecule is COC(=O)c1nc2cc(F)ccc2n1C(C)C. The van der Waals surface area contributed by atoms with Crippen molar-refractivity contribution >= 4 is 17.0 Å². The number of ether oxygens (including phenoxy) is 1. The van der Waals surface area contributed by atoms with Crippen LogP contribution in [0.2, 0.25) is 0 Å². The van der Waals surface area contributed by atoms with Crippen LogP contribution < -0.4 is 0 Å². The molecule has 0 aliphatic heterocycles. The second kappa shape index (κ2) is 4.16. The molecule has 0 radical (unpaired) electrons. The number of halogens is 1. The Balaban J connectivity index is 2.74. The van der Waals surface area contributed by atoms with E-state index < -0.39 is 5.97 Å². The number of benzene rings is 1. The number of rotatable bonds is 2. The lowest BCUT2D eigenvalue weighted by Crippen LogP contribution is -2.13. The normalized spacial score (nSPS) is 11.1. The van der Waals surface area contributed by atoms with Gasteiger partial charge in [-0.1, -0.05) is 0 Å². The molecule has 0 saturated heterocycles. The van der Waals surface area contributed by atoms with Crippen LogP contribution in [-0.4, -0.2) is 22.6 Å². The maximum atomic E-state index is 13.1. The Kier molecular flexibility index (Phi) is 2.83. The second-order valence-electron chi connectivity index (χ2n) is 4.02. The smallest absolute Gasteiger partial charge is 0.374 e. The van der Waals surface area contributed by atoms with Crippen LogP contribution in [0.5, 0.6) is 0 Å². The van der Waals surface area contributed by atoms with Gasteiger partial charge in [0.2, 0.25) is 5.82 Å². The van der Waals surface area contributed by atoms with Crippen LogP contribution in [0, 0.1) is 5.82 Å². The van der Waals surface area contributed by atoms with Gasteiger partial charge in [0.25, 0.3) is 0 Å². The number of carbonyl (C=O) groups excluding carboxylic acids is 1. The van der Waals surface area contributed by atoms with Gasteiger partial charge in [-0.3, -0.25) is 0 Å². The maximum Gasteiger partial charge on any atom is 0.374 e. The van der Waals surface area contributed by atoms with Crippen molar-refractivity contribution in [2.75, 3.05) is 7.11 Å². The van der Waals surface area contributed by atoms with E-state index >= 15 is 0 Å². The van der Waals surface area contributed by atoms with Gasteiger partial charge in [-0.15, -0.1) is 0 Å². The quantitative estimate of drug-likeness (QED) is 0.752. The van der Waals surface area contributed by atoms with Crippen LogP contribution in [0.4, 0.5) is 4.39 Å². The topological polar surface area (TPSA) is 44.1 Å². The van der Waals surface area contributed by atoms with E-state index in [1.165, 1.54) is 19.2 Å². The predicted molar refractivity (Wildman–Crippen MR) is 61.4 cm³/mol. The van der Waals surface area contributed by atoms with Gasteiger partial charge >= 0.3 is 5.97 Å². The summed E-state index contributed by atoms with van der Waals surface area (Å²) < 4.78 is 19.5. The zero-order valence-electron chi connectivity index (χ0n) is 9.90. The average Bonchev–Trinajstić information content (AvgIpc) is 2.66. The third-order valence-electron chi connectivity index (χ3n) is 2.54. The minimum Gasteiger partial charge on any atom is -0.463 e. The van der Waals surface area contributed by atoms with Crippen LogP contribution in [0.3, 0.4) is 0 Å². The lowest BCUT2D eigenvalue weighted by Gasteiger charge is -2.11. The van der Waals surface area contributed by atoms with Crippen molar-refractivity contribution in [3.63, 3.8) is 0 Å². The number of aromatic nitrogens is 2. The number of carbonyl (C=O) groups is 1. The molecule has 0 atom stereocenters. The molecule has 2 aromatic rings. The van der Waals surface area contributed by atoms with E-state index in [1.807, 2.05) is 13.8 Å². The van der Waals surface area contributed by atoms with Gasteiger partial charge in [-0.05, 0) is 26.0 Å². The van der Waals surface area contributed by atoms with Crippen LogP contribution in [0.25, 0.3) is 11.0 Å². The summed E-state index contributed by atoms with van der Waals surface area (Å²) in [4.78, 5) is 15.7. The number of fused-ring (bicyclic) bond motifs is 1. The van der Waals surface area contributed by atoms with Crippen molar-refractivity contribution in [3.05, 3.63) is 29.8 Å². The molecule has 90 valence electrons. The monoisotopic (exact) mass is 236 g/mol. The molecule has 0 aliphatic rings. The summed E-state index contributed by atoms with van der Waals surface area (Å²) in [7, 11) is 1.30. The Morgan fingerprint density at radius 2 is 2.18 bits per heavy atom. The highest BCUT2D eigenvalue weighted by Crippen LogP contribution is 2.22. The van der Waals surface area contributed by atoms with E-state index in [9.17, 15) is 9.18 Å². The molecular formula is C12H13FN2O2. The lowest BCUT2D eigenvalue weighted by atomic mass is 10.3. The molecule has 0 saturated carbocycles. The Bertz CT molecular complexity index is 575. The fourth-order valence-electron chi connectivity index (χ4n) is 1.83. The van der Waals surface area contributed by atoms with Crippen molar-refractivity contribution < 1.29 is 13.9 Å². The molecule has 0 N–H and O–H groups in total. The molecule has 0 unspecified atom stereocenters. The molecule has 1 heterocycles. The first-order valence-corrected chi connectivity index (χ1v) is 5.30. The zero-order chi connectivity index (χ0) is 12.6. The van der Waals surface area contributed by atoms with Crippen molar-refractivity contribution in [2.45, 2.75) is 19.9 Å². The third kappa shape index (κ3) is 1.88. The van der Waals surface area contributed by atoms with Crippen molar-refractivity contribution in [1.82, 2.24) is 9.55 Å². The molecule has 17 heavy (non-hydrogen) atoms. The second-order valence-corrected chi connectivity index (χ2v) is 4.02. The Morgan fingerprint density at radius 3 is 2.76 bits per heavy atom. The number of esters is 1. The number of imidazole rings is 1. The zero-order valence-corrected chi connectivity index (χ0v) is 9.90. The fourth-order valence-corrected chi connectivity index (χ4v) is 1.83. The molecule has 2 rings (SSSR count). The molecule has 0 aliphatic carbocycles. The summed E-state index contributed by atoms with van der Waals surface area (Å²) in [5, 5.41) is 0. The van der Waals surface area contributed by atoms with Crippen molar-refractivity contribution in [1.29, 1.82) is 0 Å². The summed E-state index contributed by atoms with van der Waals surface area (Å²) in [6.07, 6.45) is 0. The molecule has 1 aromatic heterocycles. The summed E-state index contributed by atoms with van der Waals surface area (Å²) >= 11 is 0. The van der Waals surface area contributed by atoms with E-state index in [0.29, 0.717) is 5.52 Å². The Hall–Kier alpha value is -1.91. The number of methoxy groups -OCH3 is 1. The number of hydrogen-bond acceptors (Lipinski definition) is 3. The summed E-state index contributed by atoms with van der Waals surface area (Å²) in [6, 6.07) is 4.31. The van der Waals surface area contributed by atoms with Gasteiger partial charge < -0.3 is 9.30 Å². The van der Waals surface area contributed by atoms with Gasteiger partial charge in [-0.2, -0.15) is 0 Å². The highest BCUT2D eigenvalue weighted by Gasteiger charge is 2.19. The van der Waals surface area contributed by atoms with Gasteiger partial charge in [0.15, 0.2) is 0 Å². The fraction of sp³-hybridized carbons (Fsp3) is 0.333. The van der Waals surface area contributed by atoms with Gasteiger partial charge in [-0.25, -0.2) is 14.2 Å². The van der Waals surface area contributed by atoms with Crippen LogP contribution in [-0.2, 0) is 4.74 Å². The molecular weight excluding hydrogens is 223 g/mol. The lowest BCUT2D eigenvalue weighted by molar-refractivity contribution is 0.0580. The van der Waals surface area contributed by atoms with Gasteiger partial charge in [0.05, 0.1) is 18.1 Å². The molecule has 0 bridgehead atoms. The van der Waals surface area contributed by atoms with E-state index in [1.54, 1.807) is 10.6 Å². The van der Waals surface area contributed by atoms with E-state index in [-0.39, 0.29) is 17.7 Å². The highest BCUT2D eigenvalue weighted by molar-refractivity contribution is 5.91. The Morgan fingerprint density at radius 1 is 1.47 bits per heavy atom. The third-order valence-corrected chi connectivity index (χ3v) is 2.54. The average molecular weight is 236 g/mol. The van der Waals surface area contributed by atoms with Crippen LogP contribution in [0.15, 0.2) is 18.2 Å². The molecule has 1 aromatic carbocycles. The van der Waals surface area contributed by atoms with Crippen LogP contribution >= 0.6 is 0 Å². The molecule has 0 amide bonds. The minimum absolute atomic E-state index is 0.0413. The molecule has 5 heteroatoms. The first kappa shape index (κ1) is 11.6. The summed E-state index contributed by atoms with van der Waals surface area (Å²) in [5.74, 6) is -0.694. The number of hydrogen-bond donors (Lipinski definition) is 0. The number of nitrogens with zero attached hydrogens (tertiary/aromatic N) is 2. The first-order chi connectivity index (χ1) is 8.04. The van der Waals surface area contributed by atoms with Gasteiger partial charge in [0.1, 0.15) is 5.82 Å². The summed E-state index contributed by atoms with van der Waals surface area (Å²) in [5.41, 5.74) is 1.18. The minimum atomic E-state index is -0.518. The molecule has 4 nitrogen and oxygen atoms in total. The van der Waals surface area contributed by atoms with Crippen molar-refractivity contribution in [3.8, 4) is 0 Å². The van der Waals surface area contributed by atoms with Crippen LogP contribution in [0.1, 0.15) is 30.5 Å². The van der Waals surface area contributed by atoms with E-state index in [4.69, 9.17) is 0 Å².